The molecular formula is C18H23N5O2S2. The van der Waals surface area contributed by atoms with Gasteiger partial charge in [-0.2, -0.15) is 9.61 Å². The van der Waals surface area contributed by atoms with Gasteiger partial charge in [0.15, 0.2) is 5.82 Å². The number of piperidine rings is 1. The maximum atomic E-state index is 11.9. The van der Waals surface area contributed by atoms with Crippen LogP contribution in [-0.4, -0.2) is 51.9 Å². The number of benzene rings is 1. The van der Waals surface area contributed by atoms with Crippen LogP contribution in [0.25, 0.3) is 4.96 Å². The molecule has 1 aromatic carbocycles. The number of sulfonamides is 1. The molecule has 27 heavy (non-hydrogen) atoms. The average molecular weight is 406 g/mol. The predicted molar refractivity (Wildman–Crippen MR) is 106 cm³/mol. The summed E-state index contributed by atoms with van der Waals surface area (Å²) in [6, 6.07) is 10.5. The molecule has 0 radical (unpaired) electrons. The molecule has 1 unspecified atom stereocenters. The molecular weight excluding hydrogens is 382 g/mol. The Bertz CT molecular complexity index is 1010. The first kappa shape index (κ1) is 18.5. The molecule has 9 heteroatoms. The van der Waals surface area contributed by atoms with E-state index in [1.807, 2.05) is 10.6 Å². The van der Waals surface area contributed by atoms with Crippen molar-refractivity contribution in [1.29, 1.82) is 0 Å². The molecule has 1 atom stereocenters. The molecule has 1 aliphatic rings. The van der Waals surface area contributed by atoms with Crippen LogP contribution in [0.5, 0.6) is 0 Å². The van der Waals surface area contributed by atoms with Crippen molar-refractivity contribution in [3.8, 4) is 0 Å². The minimum Gasteiger partial charge on any atom is -0.213 e. The first-order valence-corrected chi connectivity index (χ1v) is 11.9. The lowest BCUT2D eigenvalue weighted by molar-refractivity contribution is 0.309. The highest BCUT2D eigenvalue weighted by atomic mass is 32.2. The minimum atomic E-state index is -3.18. The largest absolute Gasteiger partial charge is 0.234 e. The van der Waals surface area contributed by atoms with Gasteiger partial charge in [-0.3, -0.25) is 0 Å². The lowest BCUT2D eigenvalue weighted by Gasteiger charge is -2.29. The third-order valence-electron chi connectivity index (χ3n) is 4.97. The number of rotatable bonds is 6. The normalized spacial score (nSPS) is 18.9. The quantitative estimate of drug-likeness (QED) is 0.629. The van der Waals surface area contributed by atoms with E-state index < -0.39 is 10.0 Å². The fourth-order valence-corrected chi connectivity index (χ4v) is 5.36. The van der Waals surface area contributed by atoms with E-state index in [-0.39, 0.29) is 5.92 Å². The molecule has 3 heterocycles. The molecule has 2 aromatic heterocycles. The fourth-order valence-electron chi connectivity index (χ4n) is 3.57. The van der Waals surface area contributed by atoms with Gasteiger partial charge in [0.2, 0.25) is 15.0 Å². The molecule has 0 saturated carbocycles. The van der Waals surface area contributed by atoms with Gasteiger partial charge in [0.05, 0.1) is 6.26 Å². The topological polar surface area (TPSA) is 80.5 Å². The first-order chi connectivity index (χ1) is 13.0. The first-order valence-electron chi connectivity index (χ1n) is 9.21. The Hall–Kier alpha value is -1.84. The van der Waals surface area contributed by atoms with E-state index in [0.29, 0.717) is 13.1 Å². The van der Waals surface area contributed by atoms with Crippen LogP contribution < -0.4 is 0 Å². The average Bonchev–Trinajstić information content (AvgIpc) is 3.22. The fraction of sp³-hybridized carbons (Fsp3) is 0.500. The second-order valence-corrected chi connectivity index (χ2v) is 10.1. The van der Waals surface area contributed by atoms with Crippen molar-refractivity contribution in [2.45, 2.75) is 38.0 Å². The number of nitrogens with zero attached hydrogens (tertiary/aromatic N) is 5. The van der Waals surface area contributed by atoms with E-state index in [0.717, 1.165) is 47.9 Å². The Balaban J connectivity index is 1.45. The predicted octanol–water partition coefficient (Wildman–Crippen LogP) is 2.50. The maximum Gasteiger partial charge on any atom is 0.234 e. The van der Waals surface area contributed by atoms with Crippen molar-refractivity contribution >= 4 is 26.3 Å². The monoisotopic (exact) mass is 405 g/mol. The van der Waals surface area contributed by atoms with Gasteiger partial charge in [0, 0.05) is 25.4 Å². The van der Waals surface area contributed by atoms with Crippen LogP contribution in [-0.2, 0) is 22.9 Å². The molecule has 4 rings (SSSR count). The molecule has 1 fully saturated rings. The Labute approximate surface area is 163 Å². The smallest absolute Gasteiger partial charge is 0.213 e. The summed E-state index contributed by atoms with van der Waals surface area (Å²) in [5.41, 5.74) is 1.34. The van der Waals surface area contributed by atoms with Crippen LogP contribution >= 0.6 is 11.3 Å². The highest BCUT2D eigenvalue weighted by Gasteiger charge is 2.30. The van der Waals surface area contributed by atoms with Crippen LogP contribution in [0, 0.1) is 0 Å². The van der Waals surface area contributed by atoms with Crippen LogP contribution in [0.15, 0.2) is 30.3 Å². The van der Waals surface area contributed by atoms with E-state index in [4.69, 9.17) is 5.10 Å². The molecule has 7 nitrogen and oxygen atoms in total. The molecule has 0 N–H and O–H groups in total. The second-order valence-electron chi connectivity index (χ2n) is 7.05. The van der Waals surface area contributed by atoms with Gasteiger partial charge in [-0.15, -0.1) is 10.2 Å². The molecule has 0 bridgehead atoms. The summed E-state index contributed by atoms with van der Waals surface area (Å²) < 4.78 is 27.1. The Morgan fingerprint density at radius 2 is 2.00 bits per heavy atom. The van der Waals surface area contributed by atoms with Crippen molar-refractivity contribution < 1.29 is 8.42 Å². The summed E-state index contributed by atoms with van der Waals surface area (Å²) in [5.74, 6) is 0.826. The standard InChI is InChI=1S/C18H23N5O2S2/c1-27(24,25)22-12-6-10-15(13-22)17-19-20-18-23(17)21-16(26-18)11-5-9-14-7-3-2-4-8-14/h2-4,7-8,15H,5-6,9-13H2,1H3. The molecule has 144 valence electrons. The van der Waals surface area contributed by atoms with Crippen LogP contribution in [0.3, 0.4) is 0 Å². The number of aromatic nitrogens is 4. The Morgan fingerprint density at radius 1 is 1.19 bits per heavy atom. The van der Waals surface area contributed by atoms with Crippen LogP contribution in [0.4, 0.5) is 0 Å². The van der Waals surface area contributed by atoms with Crippen molar-refractivity contribution in [2.75, 3.05) is 19.3 Å². The molecule has 0 spiro atoms. The van der Waals surface area contributed by atoms with Crippen LogP contribution in [0.1, 0.15) is 41.6 Å². The Morgan fingerprint density at radius 3 is 2.78 bits per heavy atom. The van der Waals surface area contributed by atoms with Crippen molar-refractivity contribution in [3.63, 3.8) is 0 Å². The van der Waals surface area contributed by atoms with E-state index in [2.05, 4.69) is 34.5 Å². The SMILES string of the molecule is CS(=O)(=O)N1CCCC(c2nnc3sc(CCCc4ccccc4)nn23)C1. The number of fused-ring (bicyclic) bond motifs is 1. The van der Waals surface area contributed by atoms with Gasteiger partial charge in [0.1, 0.15) is 5.01 Å². The summed E-state index contributed by atoms with van der Waals surface area (Å²) in [6.45, 7) is 1.04. The summed E-state index contributed by atoms with van der Waals surface area (Å²) in [7, 11) is -3.18. The highest BCUT2D eigenvalue weighted by Crippen LogP contribution is 2.28. The maximum absolute atomic E-state index is 11.9. The zero-order valence-electron chi connectivity index (χ0n) is 15.3. The lowest BCUT2D eigenvalue weighted by atomic mass is 9.99. The summed E-state index contributed by atoms with van der Waals surface area (Å²) >= 11 is 1.57. The highest BCUT2D eigenvalue weighted by molar-refractivity contribution is 7.88. The van der Waals surface area contributed by atoms with E-state index in [9.17, 15) is 8.42 Å². The molecule has 3 aromatic rings. The van der Waals surface area contributed by atoms with Gasteiger partial charge in [0.25, 0.3) is 0 Å². The number of hydrogen-bond acceptors (Lipinski definition) is 6. The van der Waals surface area contributed by atoms with E-state index in [1.54, 1.807) is 11.3 Å². The third-order valence-corrected chi connectivity index (χ3v) is 7.20. The zero-order valence-corrected chi connectivity index (χ0v) is 16.9. The van der Waals surface area contributed by atoms with Crippen molar-refractivity contribution in [3.05, 3.63) is 46.7 Å². The molecule has 1 saturated heterocycles. The van der Waals surface area contributed by atoms with Gasteiger partial charge < -0.3 is 0 Å². The molecule has 0 amide bonds. The van der Waals surface area contributed by atoms with Crippen molar-refractivity contribution in [2.24, 2.45) is 0 Å². The zero-order chi connectivity index (χ0) is 18.9. The van der Waals surface area contributed by atoms with Gasteiger partial charge in [-0.05, 0) is 31.2 Å². The van der Waals surface area contributed by atoms with E-state index in [1.165, 1.54) is 16.1 Å². The summed E-state index contributed by atoms with van der Waals surface area (Å²) in [6.07, 6.45) is 5.98. The summed E-state index contributed by atoms with van der Waals surface area (Å²) in [4.78, 5) is 0.788. The van der Waals surface area contributed by atoms with Gasteiger partial charge in [-0.1, -0.05) is 41.7 Å². The second kappa shape index (κ2) is 7.65. The van der Waals surface area contributed by atoms with Gasteiger partial charge >= 0.3 is 0 Å². The van der Waals surface area contributed by atoms with E-state index >= 15 is 0 Å². The molecule has 1 aliphatic heterocycles. The summed E-state index contributed by atoms with van der Waals surface area (Å²) in [5, 5.41) is 14.3. The minimum absolute atomic E-state index is 0.0442. The number of hydrogen-bond donors (Lipinski definition) is 0. The number of aryl methyl sites for hydroxylation is 2. The molecule has 0 aliphatic carbocycles. The Kier molecular flexibility index (Phi) is 5.25. The lowest BCUT2D eigenvalue weighted by Crippen LogP contribution is -2.38. The third kappa shape index (κ3) is 4.20. The van der Waals surface area contributed by atoms with Crippen LogP contribution in [0.2, 0.25) is 0 Å². The van der Waals surface area contributed by atoms with Gasteiger partial charge in [-0.25, -0.2) is 12.7 Å². The van der Waals surface area contributed by atoms with Crippen molar-refractivity contribution in [1.82, 2.24) is 24.1 Å².